The Morgan fingerprint density at radius 3 is 3.00 bits per heavy atom. The van der Waals surface area contributed by atoms with E-state index in [0.29, 0.717) is 12.5 Å². The van der Waals surface area contributed by atoms with Crippen molar-refractivity contribution in [3.8, 4) is 0 Å². The first-order chi connectivity index (χ1) is 7.34. The summed E-state index contributed by atoms with van der Waals surface area (Å²) in [5.41, 5.74) is 2.35. The molecule has 2 aliphatic rings. The molecule has 1 aliphatic carbocycles. The molecule has 0 spiro atoms. The van der Waals surface area contributed by atoms with Gasteiger partial charge in [-0.15, -0.1) is 0 Å². The maximum atomic E-state index is 5.39. The molecule has 1 N–H and O–H groups in total. The Labute approximate surface area is 93.9 Å². The highest BCUT2D eigenvalue weighted by Gasteiger charge is 2.23. The number of fused-ring (bicyclic) bond motifs is 1. The van der Waals surface area contributed by atoms with Crippen molar-refractivity contribution in [1.82, 2.24) is 9.97 Å². The average molecular weight is 222 g/mol. The largest absolute Gasteiger partial charge is 0.376 e. The third kappa shape index (κ3) is 1.62. The van der Waals surface area contributed by atoms with Crippen LogP contribution in [0.1, 0.15) is 42.3 Å². The first-order valence-electron chi connectivity index (χ1n) is 5.54. The van der Waals surface area contributed by atoms with Crippen molar-refractivity contribution in [2.24, 2.45) is 0 Å². The summed E-state index contributed by atoms with van der Waals surface area (Å²) < 4.78 is 6.13. The van der Waals surface area contributed by atoms with Crippen molar-refractivity contribution in [1.29, 1.82) is 0 Å². The molecule has 2 heterocycles. The topological polar surface area (TPSA) is 37.9 Å². The van der Waals surface area contributed by atoms with Gasteiger partial charge in [-0.3, -0.25) is 0 Å². The fraction of sp³-hybridized carbons (Fsp3) is 0.636. The van der Waals surface area contributed by atoms with Gasteiger partial charge in [-0.25, -0.2) is 4.98 Å². The predicted octanol–water partition coefficient (Wildman–Crippen LogP) is 2.48. The lowest BCUT2D eigenvalue weighted by Gasteiger charge is -2.26. The molecule has 1 fully saturated rings. The SMILES string of the molecule is S=c1nc(C2CCC2)[nH]c2c1COCC2. The van der Waals surface area contributed by atoms with Gasteiger partial charge in [0, 0.05) is 23.6 Å². The van der Waals surface area contributed by atoms with Crippen molar-refractivity contribution in [3.05, 3.63) is 21.7 Å². The summed E-state index contributed by atoms with van der Waals surface area (Å²) in [5, 5.41) is 0. The molecule has 3 rings (SSSR count). The summed E-state index contributed by atoms with van der Waals surface area (Å²) in [4.78, 5) is 7.94. The first-order valence-corrected chi connectivity index (χ1v) is 5.95. The molecule has 0 unspecified atom stereocenters. The number of aromatic nitrogens is 2. The molecule has 15 heavy (non-hydrogen) atoms. The number of hydrogen-bond acceptors (Lipinski definition) is 3. The summed E-state index contributed by atoms with van der Waals surface area (Å²) in [7, 11) is 0. The second-order valence-corrected chi connectivity index (χ2v) is 4.70. The van der Waals surface area contributed by atoms with Crippen LogP contribution in [0.25, 0.3) is 0 Å². The van der Waals surface area contributed by atoms with Crippen molar-refractivity contribution in [3.63, 3.8) is 0 Å². The number of nitrogens with one attached hydrogen (secondary N) is 1. The van der Waals surface area contributed by atoms with Crippen molar-refractivity contribution in [2.45, 2.75) is 38.2 Å². The van der Waals surface area contributed by atoms with E-state index in [-0.39, 0.29) is 0 Å². The van der Waals surface area contributed by atoms with Gasteiger partial charge in [0.1, 0.15) is 10.5 Å². The Hall–Kier alpha value is -0.740. The lowest BCUT2D eigenvalue weighted by atomic mass is 9.84. The van der Waals surface area contributed by atoms with Crippen LogP contribution < -0.4 is 0 Å². The number of hydrogen-bond donors (Lipinski definition) is 1. The van der Waals surface area contributed by atoms with Gasteiger partial charge in [-0.1, -0.05) is 18.6 Å². The molecule has 1 aromatic rings. The number of nitrogens with zero attached hydrogens (tertiary/aromatic N) is 1. The Kier molecular flexibility index (Phi) is 2.33. The van der Waals surface area contributed by atoms with E-state index in [1.165, 1.54) is 25.0 Å². The molecule has 0 aromatic carbocycles. The average Bonchev–Trinajstić information content (AvgIpc) is 2.15. The van der Waals surface area contributed by atoms with Crippen molar-refractivity contribution < 1.29 is 4.74 Å². The molecular weight excluding hydrogens is 208 g/mol. The molecule has 1 aromatic heterocycles. The third-order valence-corrected chi connectivity index (χ3v) is 3.70. The van der Waals surface area contributed by atoms with E-state index in [9.17, 15) is 0 Å². The van der Waals surface area contributed by atoms with E-state index in [2.05, 4.69) is 9.97 Å². The van der Waals surface area contributed by atoms with Gasteiger partial charge in [0.05, 0.1) is 13.2 Å². The Balaban J connectivity index is 2.04. The van der Waals surface area contributed by atoms with E-state index in [1.54, 1.807) is 0 Å². The first kappa shape index (κ1) is 9.48. The minimum atomic E-state index is 0.625. The van der Waals surface area contributed by atoms with Gasteiger partial charge in [0.2, 0.25) is 0 Å². The van der Waals surface area contributed by atoms with Crippen LogP contribution in [0.4, 0.5) is 0 Å². The van der Waals surface area contributed by atoms with Gasteiger partial charge >= 0.3 is 0 Å². The van der Waals surface area contributed by atoms with Crippen LogP contribution in [0.15, 0.2) is 0 Å². The molecule has 0 amide bonds. The molecule has 0 bridgehead atoms. The lowest BCUT2D eigenvalue weighted by Crippen LogP contribution is -2.19. The molecule has 3 nitrogen and oxygen atoms in total. The quantitative estimate of drug-likeness (QED) is 0.742. The number of ether oxygens (including phenoxy) is 1. The zero-order valence-corrected chi connectivity index (χ0v) is 9.40. The second-order valence-electron chi connectivity index (χ2n) is 4.31. The zero-order chi connectivity index (χ0) is 10.3. The summed E-state index contributed by atoms with van der Waals surface area (Å²) in [6.45, 7) is 1.43. The summed E-state index contributed by atoms with van der Waals surface area (Å²) >= 11 is 5.31. The highest BCUT2D eigenvalue weighted by molar-refractivity contribution is 7.71. The summed E-state index contributed by atoms with van der Waals surface area (Å²) in [6, 6.07) is 0. The van der Waals surface area contributed by atoms with Gasteiger partial charge in [-0.2, -0.15) is 0 Å². The fourth-order valence-corrected chi connectivity index (χ4v) is 2.43. The van der Waals surface area contributed by atoms with Gasteiger partial charge in [0.15, 0.2) is 0 Å². The van der Waals surface area contributed by atoms with E-state index in [1.807, 2.05) is 0 Å². The second kappa shape index (κ2) is 3.68. The zero-order valence-electron chi connectivity index (χ0n) is 8.58. The lowest BCUT2D eigenvalue weighted by molar-refractivity contribution is 0.108. The Bertz CT molecular complexity index is 437. The van der Waals surface area contributed by atoms with Crippen LogP contribution in [-0.4, -0.2) is 16.6 Å². The summed E-state index contributed by atoms with van der Waals surface area (Å²) in [5.74, 6) is 1.73. The standard InChI is InChI=1S/C11H14N2OS/c15-11-8-6-14-5-4-9(8)12-10(13-11)7-2-1-3-7/h7H,1-6H2,(H,12,13,15). The third-order valence-electron chi connectivity index (χ3n) is 3.36. The van der Waals surface area contributed by atoms with Crippen LogP contribution in [0.5, 0.6) is 0 Å². The van der Waals surface area contributed by atoms with E-state index >= 15 is 0 Å². The van der Waals surface area contributed by atoms with Crippen LogP contribution in [0.2, 0.25) is 0 Å². The van der Waals surface area contributed by atoms with Gasteiger partial charge in [0.25, 0.3) is 0 Å². The molecule has 0 radical (unpaired) electrons. The molecule has 1 saturated carbocycles. The minimum absolute atomic E-state index is 0.625. The maximum Gasteiger partial charge on any atom is 0.135 e. The minimum Gasteiger partial charge on any atom is -0.376 e. The highest BCUT2D eigenvalue weighted by atomic mass is 32.1. The molecule has 4 heteroatoms. The van der Waals surface area contributed by atoms with Crippen LogP contribution in [-0.2, 0) is 17.8 Å². The maximum absolute atomic E-state index is 5.39. The molecule has 0 saturated heterocycles. The monoisotopic (exact) mass is 222 g/mol. The molecule has 0 atom stereocenters. The van der Waals surface area contributed by atoms with Crippen molar-refractivity contribution >= 4 is 12.2 Å². The van der Waals surface area contributed by atoms with Gasteiger partial charge in [-0.05, 0) is 12.8 Å². The van der Waals surface area contributed by atoms with E-state index < -0.39 is 0 Å². The number of aromatic amines is 1. The smallest absolute Gasteiger partial charge is 0.135 e. The fourth-order valence-electron chi connectivity index (χ4n) is 2.15. The summed E-state index contributed by atoms with van der Waals surface area (Å²) in [6.07, 6.45) is 4.79. The Morgan fingerprint density at radius 1 is 1.40 bits per heavy atom. The van der Waals surface area contributed by atoms with Crippen LogP contribution in [0, 0.1) is 4.64 Å². The van der Waals surface area contributed by atoms with Crippen molar-refractivity contribution in [2.75, 3.05) is 6.61 Å². The van der Waals surface area contributed by atoms with E-state index in [0.717, 1.165) is 29.1 Å². The van der Waals surface area contributed by atoms with Gasteiger partial charge < -0.3 is 9.72 Å². The normalized spacial score (nSPS) is 20.8. The Morgan fingerprint density at radius 2 is 2.27 bits per heavy atom. The predicted molar refractivity (Wildman–Crippen MR) is 59.4 cm³/mol. The van der Waals surface area contributed by atoms with E-state index in [4.69, 9.17) is 17.0 Å². The molecule has 80 valence electrons. The molecule has 1 aliphatic heterocycles. The number of rotatable bonds is 1. The number of H-pyrrole nitrogens is 1. The molecular formula is C11H14N2OS. The van der Waals surface area contributed by atoms with Crippen LogP contribution in [0.3, 0.4) is 0 Å². The van der Waals surface area contributed by atoms with Crippen LogP contribution >= 0.6 is 12.2 Å². The highest BCUT2D eigenvalue weighted by Crippen LogP contribution is 2.34.